The first-order valence-corrected chi connectivity index (χ1v) is 10.4. The molecule has 1 aliphatic rings. The Hall–Kier alpha value is -2.72. The molecule has 0 saturated heterocycles. The second-order valence-electron chi connectivity index (χ2n) is 7.73. The van der Waals surface area contributed by atoms with E-state index in [0.29, 0.717) is 5.92 Å². The number of hydrogen-bond donors (Lipinski definition) is 1. The maximum atomic E-state index is 5.47. The lowest BCUT2D eigenvalue weighted by Crippen LogP contribution is -2.32. The molecule has 152 valence electrons. The fraction of sp³-hybridized carbons (Fsp3) is 0.360. The van der Waals surface area contributed by atoms with E-state index in [0.717, 1.165) is 37.6 Å². The highest BCUT2D eigenvalue weighted by atomic mass is 16.5. The maximum Gasteiger partial charge on any atom is 0.161 e. The van der Waals surface area contributed by atoms with E-state index in [-0.39, 0.29) is 0 Å². The van der Waals surface area contributed by atoms with E-state index in [4.69, 9.17) is 9.47 Å². The third-order valence-electron chi connectivity index (χ3n) is 5.87. The molecule has 1 unspecified atom stereocenters. The number of nitrogens with zero attached hydrogens (tertiary/aromatic N) is 1. The van der Waals surface area contributed by atoms with Crippen LogP contribution in [0.5, 0.6) is 11.5 Å². The van der Waals surface area contributed by atoms with Crippen molar-refractivity contribution in [2.24, 2.45) is 0 Å². The number of methoxy groups -OCH3 is 2. The van der Waals surface area contributed by atoms with Gasteiger partial charge in [-0.2, -0.15) is 0 Å². The molecule has 4 nitrogen and oxygen atoms in total. The van der Waals surface area contributed by atoms with Crippen molar-refractivity contribution in [3.8, 4) is 11.5 Å². The number of nitrogens with one attached hydrogen (secondary N) is 1. The lowest BCUT2D eigenvalue weighted by Gasteiger charge is -2.29. The number of hydrogen-bond acceptors (Lipinski definition) is 3. The summed E-state index contributed by atoms with van der Waals surface area (Å²) < 4.78 is 10.8. The van der Waals surface area contributed by atoms with Gasteiger partial charge in [0.2, 0.25) is 0 Å². The third-order valence-corrected chi connectivity index (χ3v) is 5.87. The van der Waals surface area contributed by atoms with Crippen molar-refractivity contribution in [2.45, 2.75) is 25.2 Å². The van der Waals surface area contributed by atoms with Crippen molar-refractivity contribution in [1.29, 1.82) is 0 Å². The lowest BCUT2D eigenvalue weighted by molar-refractivity contribution is 0.277. The van der Waals surface area contributed by atoms with Gasteiger partial charge >= 0.3 is 0 Å². The van der Waals surface area contributed by atoms with E-state index >= 15 is 0 Å². The minimum atomic E-state index is 0.400. The molecule has 0 amide bonds. The molecule has 0 spiro atoms. The molecular weight excluding hydrogens is 360 g/mol. The molecule has 2 heterocycles. The molecule has 3 aromatic rings. The van der Waals surface area contributed by atoms with Crippen molar-refractivity contribution in [3.05, 3.63) is 71.9 Å². The zero-order valence-electron chi connectivity index (χ0n) is 17.4. The first kappa shape index (κ1) is 19.6. The number of rotatable bonds is 8. The van der Waals surface area contributed by atoms with Gasteiger partial charge in [-0.25, -0.2) is 0 Å². The Morgan fingerprint density at radius 3 is 2.76 bits per heavy atom. The van der Waals surface area contributed by atoms with Crippen LogP contribution in [0, 0.1) is 0 Å². The van der Waals surface area contributed by atoms with Crippen LogP contribution in [0.15, 0.2) is 60.8 Å². The number of aromatic nitrogens is 1. The van der Waals surface area contributed by atoms with Crippen LogP contribution in [-0.4, -0.2) is 43.7 Å². The molecule has 1 N–H and O–H groups in total. The van der Waals surface area contributed by atoms with Crippen LogP contribution in [-0.2, 0) is 6.42 Å². The minimum absolute atomic E-state index is 0.400. The fourth-order valence-electron chi connectivity index (χ4n) is 4.26. The Kier molecular flexibility index (Phi) is 6.20. The molecule has 0 saturated carbocycles. The van der Waals surface area contributed by atoms with Crippen LogP contribution in [0.1, 0.15) is 29.9 Å². The zero-order chi connectivity index (χ0) is 20.1. The molecule has 1 aliphatic heterocycles. The lowest BCUT2D eigenvalue weighted by atomic mass is 9.95. The van der Waals surface area contributed by atoms with Crippen molar-refractivity contribution >= 4 is 10.9 Å². The van der Waals surface area contributed by atoms with Crippen LogP contribution in [0.4, 0.5) is 0 Å². The summed E-state index contributed by atoms with van der Waals surface area (Å²) in [6, 6.07) is 14.8. The summed E-state index contributed by atoms with van der Waals surface area (Å²) in [6.45, 7) is 3.23. The molecule has 0 fully saturated rings. The van der Waals surface area contributed by atoms with E-state index in [2.05, 4.69) is 64.6 Å². The molecule has 4 heteroatoms. The van der Waals surface area contributed by atoms with Gasteiger partial charge in [-0.1, -0.05) is 36.4 Å². The highest BCUT2D eigenvalue weighted by Gasteiger charge is 2.18. The van der Waals surface area contributed by atoms with Crippen LogP contribution in [0.2, 0.25) is 0 Å². The van der Waals surface area contributed by atoms with Gasteiger partial charge in [0.15, 0.2) is 11.5 Å². The number of para-hydroxylation sites is 1. The Morgan fingerprint density at radius 2 is 1.90 bits per heavy atom. The number of unbranched alkanes of at least 4 members (excludes halogenated alkanes) is 1. The topological polar surface area (TPSA) is 37.5 Å². The second kappa shape index (κ2) is 9.19. The average Bonchev–Trinajstić information content (AvgIpc) is 3.19. The van der Waals surface area contributed by atoms with Crippen molar-refractivity contribution < 1.29 is 9.47 Å². The van der Waals surface area contributed by atoms with Gasteiger partial charge in [0, 0.05) is 36.1 Å². The number of aryl methyl sites for hydroxylation is 1. The summed E-state index contributed by atoms with van der Waals surface area (Å²) in [4.78, 5) is 5.93. The highest BCUT2D eigenvalue weighted by molar-refractivity contribution is 5.82. The van der Waals surface area contributed by atoms with Gasteiger partial charge < -0.3 is 14.5 Å². The van der Waals surface area contributed by atoms with Crippen LogP contribution in [0.25, 0.3) is 10.9 Å². The van der Waals surface area contributed by atoms with E-state index < -0.39 is 0 Å². The highest BCUT2D eigenvalue weighted by Crippen LogP contribution is 2.32. The van der Waals surface area contributed by atoms with Gasteiger partial charge in [0.25, 0.3) is 0 Å². The molecule has 29 heavy (non-hydrogen) atoms. The number of fused-ring (bicyclic) bond motifs is 1. The van der Waals surface area contributed by atoms with E-state index in [9.17, 15) is 0 Å². The van der Waals surface area contributed by atoms with Gasteiger partial charge in [-0.3, -0.25) is 4.90 Å². The van der Waals surface area contributed by atoms with Crippen LogP contribution in [0.3, 0.4) is 0 Å². The SMILES string of the molecule is COc1ccc(C2C=CCN(CCCCc3c[nH]c4ccccc34)C2)cc1OC. The second-order valence-corrected chi connectivity index (χ2v) is 7.73. The predicted molar refractivity (Wildman–Crippen MR) is 119 cm³/mol. The summed E-state index contributed by atoms with van der Waals surface area (Å²) in [7, 11) is 3.37. The smallest absolute Gasteiger partial charge is 0.161 e. The summed E-state index contributed by atoms with van der Waals surface area (Å²) in [6.07, 6.45) is 10.3. The van der Waals surface area contributed by atoms with Crippen LogP contribution >= 0.6 is 0 Å². The van der Waals surface area contributed by atoms with Crippen molar-refractivity contribution in [2.75, 3.05) is 33.9 Å². The molecule has 4 rings (SSSR count). The molecule has 0 bridgehead atoms. The normalized spacial score (nSPS) is 17.0. The number of ether oxygens (including phenoxy) is 2. The summed E-state index contributed by atoms with van der Waals surface area (Å²) in [5.41, 5.74) is 3.95. The molecule has 1 aromatic heterocycles. The van der Waals surface area contributed by atoms with Gasteiger partial charge in [-0.15, -0.1) is 0 Å². The van der Waals surface area contributed by atoms with Gasteiger partial charge in [0.05, 0.1) is 14.2 Å². The first-order chi connectivity index (χ1) is 14.3. The van der Waals surface area contributed by atoms with Gasteiger partial charge in [-0.05, 0) is 55.1 Å². The quantitative estimate of drug-likeness (QED) is 0.426. The zero-order valence-corrected chi connectivity index (χ0v) is 17.4. The Labute approximate surface area is 173 Å². The van der Waals surface area contributed by atoms with Crippen molar-refractivity contribution in [1.82, 2.24) is 9.88 Å². The third kappa shape index (κ3) is 4.48. The summed E-state index contributed by atoms with van der Waals surface area (Å²) >= 11 is 0. The summed E-state index contributed by atoms with van der Waals surface area (Å²) in [5, 5.41) is 1.36. The van der Waals surface area contributed by atoms with Gasteiger partial charge in [0.1, 0.15) is 0 Å². The fourth-order valence-corrected chi connectivity index (χ4v) is 4.26. The maximum absolute atomic E-state index is 5.47. The van der Waals surface area contributed by atoms with Crippen molar-refractivity contribution in [3.63, 3.8) is 0 Å². The number of benzene rings is 2. The summed E-state index contributed by atoms with van der Waals surface area (Å²) in [5.74, 6) is 1.98. The Bertz CT molecular complexity index is 976. The molecule has 1 atom stereocenters. The predicted octanol–water partition coefficient (Wildman–Crippen LogP) is 5.16. The average molecular weight is 391 g/mol. The Balaban J connectivity index is 1.30. The number of H-pyrrole nitrogens is 1. The number of aromatic amines is 1. The molecular formula is C25H30N2O2. The van der Waals surface area contributed by atoms with Crippen LogP contribution < -0.4 is 9.47 Å². The van der Waals surface area contributed by atoms with E-state index in [1.54, 1.807) is 14.2 Å². The van der Waals surface area contributed by atoms with E-state index in [1.807, 2.05) is 6.07 Å². The first-order valence-electron chi connectivity index (χ1n) is 10.4. The van der Waals surface area contributed by atoms with E-state index in [1.165, 1.54) is 34.9 Å². The largest absolute Gasteiger partial charge is 0.493 e. The molecule has 0 aliphatic carbocycles. The molecule has 2 aromatic carbocycles. The monoisotopic (exact) mass is 390 g/mol. The molecule has 0 radical (unpaired) electrons. The standard InChI is InChI=1S/C25H30N2O2/c1-28-24-13-12-19(16-25(24)29-2)21-9-7-15-27(18-21)14-6-5-8-20-17-26-23-11-4-3-10-22(20)23/h3-4,7,9-13,16-17,21,26H,5-6,8,14-15,18H2,1-2H3. The minimum Gasteiger partial charge on any atom is -0.493 e. The Morgan fingerprint density at radius 1 is 1.03 bits per heavy atom.